The Balaban J connectivity index is 1.06. The molecule has 0 saturated carbocycles. The van der Waals surface area contributed by atoms with Gasteiger partial charge in [0.25, 0.3) is 0 Å². The van der Waals surface area contributed by atoms with Gasteiger partial charge in [0, 0.05) is 54.4 Å². The van der Waals surface area contributed by atoms with E-state index in [-0.39, 0.29) is 23.5 Å². The topological polar surface area (TPSA) is 88.0 Å². The Bertz CT molecular complexity index is 1320. The van der Waals surface area contributed by atoms with Gasteiger partial charge in [-0.25, -0.2) is 13.7 Å². The molecule has 2 unspecified atom stereocenters. The lowest BCUT2D eigenvalue weighted by atomic mass is 9.91. The number of fused-ring (bicyclic) bond motifs is 2. The summed E-state index contributed by atoms with van der Waals surface area (Å²) in [6.45, 7) is 1.87. The van der Waals surface area contributed by atoms with E-state index in [0.717, 1.165) is 41.4 Å². The Morgan fingerprint density at radius 1 is 0.824 bits per heavy atom. The van der Waals surface area contributed by atoms with Crippen molar-refractivity contribution >= 4 is 21.9 Å². The molecule has 1 N–H and O–H groups in total. The van der Waals surface area contributed by atoms with Crippen LogP contribution in [0.15, 0.2) is 45.4 Å². The summed E-state index contributed by atoms with van der Waals surface area (Å²) < 4.78 is 37.5. The first-order chi connectivity index (χ1) is 16.5. The van der Waals surface area contributed by atoms with E-state index < -0.39 is 6.23 Å². The molecule has 10 heteroatoms. The Hall–Kier alpha value is -2.92. The van der Waals surface area contributed by atoms with E-state index in [4.69, 9.17) is 14.0 Å². The fraction of sp³-hybridized carbons (Fsp3) is 0.417. The Morgan fingerprint density at radius 2 is 1.38 bits per heavy atom. The molecule has 0 amide bonds. The van der Waals surface area contributed by atoms with Gasteiger partial charge in [-0.3, -0.25) is 0 Å². The third kappa shape index (κ3) is 3.96. The van der Waals surface area contributed by atoms with E-state index >= 15 is 0 Å². The molecule has 2 aromatic heterocycles. The quantitative estimate of drug-likeness (QED) is 0.468. The molecule has 34 heavy (non-hydrogen) atoms. The van der Waals surface area contributed by atoms with E-state index in [1.807, 2.05) is 5.06 Å². The van der Waals surface area contributed by atoms with Crippen molar-refractivity contribution in [2.45, 2.75) is 43.7 Å². The van der Waals surface area contributed by atoms with Crippen LogP contribution in [0.5, 0.6) is 0 Å². The molecule has 0 radical (unpaired) electrons. The minimum absolute atomic E-state index is 0.00224. The SMILES string of the molecule is OC1CC(c2noc3cc(F)ccc23)CCN1ON1CCC(c2noc3cc(F)ccc23)CC1. The summed E-state index contributed by atoms with van der Waals surface area (Å²) in [5.74, 6) is -0.510. The van der Waals surface area contributed by atoms with E-state index in [1.165, 1.54) is 24.3 Å². The summed E-state index contributed by atoms with van der Waals surface area (Å²) in [4.78, 5) is 6.01. The largest absolute Gasteiger partial charge is 0.376 e. The fourth-order valence-electron chi connectivity index (χ4n) is 5.08. The summed E-state index contributed by atoms with van der Waals surface area (Å²) in [5, 5.41) is 24.1. The molecule has 2 atom stereocenters. The van der Waals surface area contributed by atoms with Crippen molar-refractivity contribution in [2.75, 3.05) is 19.6 Å². The van der Waals surface area contributed by atoms with Crippen molar-refractivity contribution in [1.82, 2.24) is 20.4 Å². The second-order valence-electron chi connectivity index (χ2n) is 9.04. The van der Waals surface area contributed by atoms with Gasteiger partial charge < -0.3 is 14.2 Å². The van der Waals surface area contributed by atoms with Crippen LogP contribution in [0.25, 0.3) is 21.9 Å². The molecule has 0 bridgehead atoms. The maximum Gasteiger partial charge on any atom is 0.170 e. The van der Waals surface area contributed by atoms with Crippen molar-refractivity contribution < 1.29 is 27.9 Å². The second-order valence-corrected chi connectivity index (χ2v) is 9.04. The molecular weight excluding hydrogens is 446 g/mol. The highest BCUT2D eigenvalue weighted by molar-refractivity contribution is 5.80. The van der Waals surface area contributed by atoms with Crippen molar-refractivity contribution in [2.24, 2.45) is 0 Å². The fourth-order valence-corrected chi connectivity index (χ4v) is 5.08. The van der Waals surface area contributed by atoms with Gasteiger partial charge in [0.15, 0.2) is 11.2 Å². The van der Waals surface area contributed by atoms with E-state index in [9.17, 15) is 13.9 Å². The number of nitrogens with zero attached hydrogens (tertiary/aromatic N) is 4. The lowest BCUT2D eigenvalue weighted by molar-refractivity contribution is -0.375. The number of aromatic nitrogens is 2. The number of aliphatic hydroxyl groups is 1. The average Bonchev–Trinajstić information content (AvgIpc) is 3.44. The lowest BCUT2D eigenvalue weighted by Gasteiger charge is -2.39. The highest BCUT2D eigenvalue weighted by Gasteiger charge is 2.34. The zero-order valence-corrected chi connectivity index (χ0v) is 18.4. The molecule has 2 aromatic carbocycles. The van der Waals surface area contributed by atoms with Crippen LogP contribution in [-0.2, 0) is 4.94 Å². The van der Waals surface area contributed by atoms with Gasteiger partial charge in [0.05, 0.1) is 11.4 Å². The van der Waals surface area contributed by atoms with Crippen LogP contribution >= 0.6 is 0 Å². The molecule has 2 aliphatic rings. The molecule has 8 nitrogen and oxygen atoms in total. The molecule has 0 spiro atoms. The average molecular weight is 470 g/mol. The third-order valence-corrected chi connectivity index (χ3v) is 6.90. The molecule has 2 aliphatic heterocycles. The van der Waals surface area contributed by atoms with Crippen LogP contribution in [0.2, 0.25) is 0 Å². The van der Waals surface area contributed by atoms with Crippen molar-refractivity contribution in [1.29, 1.82) is 0 Å². The smallest absolute Gasteiger partial charge is 0.170 e. The first-order valence-electron chi connectivity index (χ1n) is 11.5. The van der Waals surface area contributed by atoms with Gasteiger partial charge in [0.1, 0.15) is 17.9 Å². The molecule has 6 rings (SSSR count). The number of hydrogen-bond donors (Lipinski definition) is 1. The number of hydrogen-bond acceptors (Lipinski definition) is 8. The predicted octanol–water partition coefficient (Wildman–Crippen LogP) is 4.47. The second kappa shape index (κ2) is 8.70. The van der Waals surface area contributed by atoms with Crippen molar-refractivity contribution in [3.63, 3.8) is 0 Å². The molecule has 4 heterocycles. The monoisotopic (exact) mass is 470 g/mol. The molecule has 2 saturated heterocycles. The molecule has 2 fully saturated rings. The molecule has 4 aromatic rings. The highest BCUT2D eigenvalue weighted by atomic mass is 19.1. The molecular formula is C24H24F2N4O4. The Labute approximate surface area is 193 Å². The minimum Gasteiger partial charge on any atom is -0.376 e. The maximum atomic E-state index is 13.4. The molecule has 178 valence electrons. The first-order valence-corrected chi connectivity index (χ1v) is 11.5. The zero-order valence-electron chi connectivity index (χ0n) is 18.4. The minimum atomic E-state index is -0.793. The van der Waals surface area contributed by atoms with Gasteiger partial charge in [-0.05, 0) is 49.9 Å². The number of benzene rings is 2. The van der Waals surface area contributed by atoms with Gasteiger partial charge in [-0.15, -0.1) is 5.06 Å². The summed E-state index contributed by atoms with van der Waals surface area (Å²) in [6.07, 6.45) is 2.00. The van der Waals surface area contributed by atoms with Crippen molar-refractivity contribution in [3.05, 3.63) is 59.4 Å². The third-order valence-electron chi connectivity index (χ3n) is 6.90. The predicted molar refractivity (Wildman–Crippen MR) is 117 cm³/mol. The Morgan fingerprint density at radius 3 is 1.97 bits per heavy atom. The Kier molecular flexibility index (Phi) is 5.53. The van der Waals surface area contributed by atoms with E-state index in [2.05, 4.69) is 10.3 Å². The number of piperidine rings is 2. The number of aliphatic hydroxyl groups excluding tert-OH is 1. The first kappa shape index (κ1) is 21.6. The van der Waals surface area contributed by atoms with E-state index in [0.29, 0.717) is 37.2 Å². The van der Waals surface area contributed by atoms with Crippen LogP contribution in [-0.4, -0.2) is 51.4 Å². The molecule has 0 aliphatic carbocycles. The van der Waals surface area contributed by atoms with Crippen LogP contribution in [0, 0.1) is 11.6 Å². The summed E-state index contributed by atoms with van der Waals surface area (Å²) in [5.41, 5.74) is 2.48. The van der Waals surface area contributed by atoms with Crippen LogP contribution in [0.3, 0.4) is 0 Å². The van der Waals surface area contributed by atoms with Gasteiger partial charge in [-0.2, -0.15) is 5.06 Å². The maximum absolute atomic E-state index is 13.4. The van der Waals surface area contributed by atoms with Gasteiger partial charge in [-0.1, -0.05) is 10.3 Å². The number of rotatable bonds is 4. The number of halogens is 2. The van der Waals surface area contributed by atoms with Gasteiger partial charge >= 0.3 is 0 Å². The van der Waals surface area contributed by atoms with Crippen molar-refractivity contribution in [3.8, 4) is 0 Å². The van der Waals surface area contributed by atoms with Gasteiger partial charge in [0.2, 0.25) is 0 Å². The van der Waals surface area contributed by atoms with E-state index in [1.54, 1.807) is 17.2 Å². The highest BCUT2D eigenvalue weighted by Crippen LogP contribution is 2.36. The summed E-state index contributed by atoms with van der Waals surface area (Å²) in [6, 6.07) is 8.88. The van der Waals surface area contributed by atoms with Crippen LogP contribution < -0.4 is 0 Å². The summed E-state index contributed by atoms with van der Waals surface area (Å²) in [7, 11) is 0. The van der Waals surface area contributed by atoms with Crippen LogP contribution in [0.4, 0.5) is 8.78 Å². The van der Waals surface area contributed by atoms with Crippen LogP contribution in [0.1, 0.15) is 48.9 Å². The standard InChI is InChI=1S/C24H24F2N4O4/c25-16-1-3-18-20(12-16)32-27-23(18)14-5-8-29(9-6-14)34-30-10-7-15(11-22(30)31)24-19-4-2-17(26)13-21(19)33-28-24/h1-4,12-15,22,31H,5-11H2. The number of hydroxylamine groups is 4. The summed E-state index contributed by atoms with van der Waals surface area (Å²) >= 11 is 0. The lowest BCUT2D eigenvalue weighted by Crippen LogP contribution is -2.47. The zero-order chi connectivity index (χ0) is 23.2. The normalized spacial score (nSPS) is 23.3.